The minimum atomic E-state index is -1.87. The Balaban J connectivity index is 1.26. The van der Waals surface area contributed by atoms with Gasteiger partial charge in [0.25, 0.3) is 0 Å². The summed E-state index contributed by atoms with van der Waals surface area (Å²) in [6, 6.07) is 22.3. The van der Waals surface area contributed by atoms with Crippen LogP contribution in [-0.4, -0.2) is 53.1 Å². The van der Waals surface area contributed by atoms with Gasteiger partial charge in [0.2, 0.25) is 8.32 Å². The summed E-state index contributed by atoms with van der Waals surface area (Å²) in [5, 5.41) is 0.186. The predicted octanol–water partition coefficient (Wildman–Crippen LogP) is 9.63. The molecule has 3 aromatic carbocycles. The van der Waals surface area contributed by atoms with Crippen molar-refractivity contribution in [1.29, 1.82) is 0 Å². The topological polar surface area (TPSA) is 34.2 Å². The number of nitrogens with zero attached hydrogens (tertiary/aromatic N) is 2. The minimum Gasteiger partial charge on any atom is -0.543 e. The molecular weight excluding hydrogens is 585 g/mol. The lowest BCUT2D eigenvalue weighted by atomic mass is 9.79. The summed E-state index contributed by atoms with van der Waals surface area (Å²) in [6.07, 6.45) is 8.64. The van der Waals surface area contributed by atoms with E-state index in [1.54, 1.807) is 7.11 Å². The zero-order valence-electron chi connectivity index (χ0n) is 29.7. The first-order valence-electron chi connectivity index (χ1n) is 17.7. The van der Waals surface area contributed by atoms with Crippen LogP contribution >= 0.6 is 0 Å². The fourth-order valence-electron chi connectivity index (χ4n) is 6.71. The number of aryl methyl sites for hydroxylation is 1. The second kappa shape index (κ2) is 15.3. The summed E-state index contributed by atoms with van der Waals surface area (Å²) in [6.45, 7) is 19.8. The van der Waals surface area contributed by atoms with Gasteiger partial charge < -0.3 is 18.8 Å². The fraction of sp³-hybridized carbons (Fsp3) is 0.550. The molecule has 0 saturated carbocycles. The van der Waals surface area contributed by atoms with Crippen LogP contribution < -0.4 is 18.8 Å². The number of likely N-dealkylation sites (tertiary alicyclic amines) is 1. The number of hydrogen-bond donors (Lipinski definition) is 0. The molecule has 0 amide bonds. The molecule has 1 atom stereocenters. The second-order valence-electron chi connectivity index (χ2n) is 14.9. The van der Waals surface area contributed by atoms with Crippen molar-refractivity contribution >= 4 is 14.0 Å². The number of anilines is 1. The molecule has 46 heavy (non-hydrogen) atoms. The lowest BCUT2D eigenvalue weighted by molar-refractivity contribution is 0.214. The van der Waals surface area contributed by atoms with Crippen molar-refractivity contribution in [2.45, 2.75) is 103 Å². The molecule has 1 unspecified atom stereocenters. The molecule has 1 fully saturated rings. The predicted molar refractivity (Wildman–Crippen MR) is 196 cm³/mol. The number of fused-ring (bicyclic) bond motifs is 1. The number of ether oxygens (including phenoxy) is 2. The largest absolute Gasteiger partial charge is 0.543 e. The van der Waals surface area contributed by atoms with Crippen LogP contribution in [0.25, 0.3) is 0 Å². The van der Waals surface area contributed by atoms with Crippen molar-refractivity contribution in [3.8, 4) is 17.2 Å². The van der Waals surface area contributed by atoms with E-state index in [0.29, 0.717) is 5.92 Å². The Morgan fingerprint density at radius 2 is 1.54 bits per heavy atom. The van der Waals surface area contributed by atoms with Crippen LogP contribution in [0.4, 0.5) is 5.69 Å². The maximum atomic E-state index is 6.66. The van der Waals surface area contributed by atoms with Crippen LogP contribution in [0.3, 0.4) is 0 Å². The number of hydrogen-bond acceptors (Lipinski definition) is 5. The zero-order chi connectivity index (χ0) is 32.7. The highest BCUT2D eigenvalue weighted by Gasteiger charge is 2.39. The highest BCUT2D eigenvalue weighted by atomic mass is 28.4. The van der Waals surface area contributed by atoms with Gasteiger partial charge in [-0.2, -0.15) is 0 Å². The van der Waals surface area contributed by atoms with Gasteiger partial charge in [-0.15, -0.1) is 0 Å². The minimum absolute atomic E-state index is 0.186. The molecule has 1 heterocycles. The monoisotopic (exact) mass is 642 g/mol. The normalized spacial score (nSPS) is 17.6. The molecule has 5 rings (SSSR count). The third kappa shape index (κ3) is 8.68. The van der Waals surface area contributed by atoms with E-state index < -0.39 is 8.32 Å². The third-order valence-electron chi connectivity index (χ3n) is 10.7. The molecule has 0 aromatic heterocycles. The first kappa shape index (κ1) is 34.4. The van der Waals surface area contributed by atoms with Gasteiger partial charge in [-0.1, -0.05) is 57.9 Å². The Hall–Kier alpha value is -2.96. The van der Waals surface area contributed by atoms with Gasteiger partial charge in [-0.3, -0.25) is 4.90 Å². The Bertz CT molecular complexity index is 1410. The molecule has 1 aliphatic carbocycles. The van der Waals surface area contributed by atoms with Crippen molar-refractivity contribution in [3.05, 3.63) is 82.9 Å². The number of methoxy groups -OCH3 is 1. The molecular formula is C40H58N2O3Si. The number of benzene rings is 3. The highest BCUT2D eigenvalue weighted by Crippen LogP contribution is 2.42. The average molecular weight is 643 g/mol. The summed E-state index contributed by atoms with van der Waals surface area (Å²) in [4.78, 5) is 5.05. The Morgan fingerprint density at radius 1 is 0.848 bits per heavy atom. The molecule has 250 valence electrons. The molecule has 3 aromatic rings. The summed E-state index contributed by atoms with van der Waals surface area (Å²) in [5.74, 6) is 3.38. The van der Waals surface area contributed by atoms with E-state index in [1.807, 2.05) is 0 Å². The van der Waals surface area contributed by atoms with E-state index in [1.165, 1.54) is 66.7 Å². The van der Waals surface area contributed by atoms with Gasteiger partial charge in [0.15, 0.2) is 0 Å². The molecule has 0 bridgehead atoms. The fourth-order valence-corrected chi connectivity index (χ4v) is 7.73. The number of rotatable bonds is 12. The molecule has 2 aliphatic rings. The Labute approximate surface area is 280 Å². The van der Waals surface area contributed by atoms with Gasteiger partial charge in [0, 0.05) is 31.4 Å². The summed E-state index contributed by atoms with van der Waals surface area (Å²) in [5.41, 5.74) is 6.90. The molecule has 0 radical (unpaired) electrons. The lowest BCUT2D eigenvalue weighted by Crippen LogP contribution is -2.43. The van der Waals surface area contributed by atoms with Crippen molar-refractivity contribution in [2.24, 2.45) is 0 Å². The molecule has 0 spiro atoms. The summed E-state index contributed by atoms with van der Waals surface area (Å²) < 4.78 is 18.5. The Kier molecular flexibility index (Phi) is 11.4. The molecule has 1 aliphatic heterocycles. The maximum Gasteiger partial charge on any atom is 0.250 e. The van der Waals surface area contributed by atoms with Crippen molar-refractivity contribution in [2.75, 3.05) is 44.8 Å². The van der Waals surface area contributed by atoms with E-state index in [9.17, 15) is 0 Å². The smallest absolute Gasteiger partial charge is 0.250 e. The highest BCUT2D eigenvalue weighted by molar-refractivity contribution is 6.74. The van der Waals surface area contributed by atoms with Crippen LogP contribution in [0, 0.1) is 0 Å². The molecule has 5 nitrogen and oxygen atoms in total. The van der Waals surface area contributed by atoms with E-state index in [2.05, 4.69) is 111 Å². The second-order valence-corrected chi connectivity index (χ2v) is 19.6. The standard InChI is InChI=1S/C40H58N2O3Si/c1-8-42(30-31-13-18-35(19-14-31)44-26-25-41-23-11-9-10-12-24-41)39-29-36(43-5)21-22-38(39)34-16-15-33-28-37(20-17-32(33)27-34)45-46(6,7)40(2,3)4/h13-14,17-22,28-29,34H,8-12,15-16,23-27,30H2,1-7H3. The van der Waals surface area contributed by atoms with Gasteiger partial charge in [-0.25, -0.2) is 0 Å². The molecule has 1 saturated heterocycles. The van der Waals surface area contributed by atoms with Crippen LogP contribution in [0.15, 0.2) is 60.7 Å². The third-order valence-corrected chi connectivity index (χ3v) is 15.0. The molecule has 0 N–H and O–H groups in total. The Morgan fingerprint density at radius 3 is 2.22 bits per heavy atom. The lowest BCUT2D eigenvalue weighted by Gasteiger charge is -2.37. The summed E-state index contributed by atoms with van der Waals surface area (Å²) >= 11 is 0. The van der Waals surface area contributed by atoms with Gasteiger partial charge in [-0.05, 0) is 129 Å². The van der Waals surface area contributed by atoms with E-state index in [-0.39, 0.29) is 5.04 Å². The first-order valence-corrected chi connectivity index (χ1v) is 20.6. The van der Waals surface area contributed by atoms with Crippen LogP contribution in [-0.2, 0) is 19.4 Å². The van der Waals surface area contributed by atoms with Gasteiger partial charge in [0.1, 0.15) is 23.9 Å². The summed E-state index contributed by atoms with van der Waals surface area (Å²) in [7, 11) is -0.102. The van der Waals surface area contributed by atoms with Crippen molar-refractivity contribution in [1.82, 2.24) is 4.90 Å². The van der Waals surface area contributed by atoms with Crippen LogP contribution in [0.2, 0.25) is 18.1 Å². The quantitative estimate of drug-likeness (QED) is 0.184. The zero-order valence-corrected chi connectivity index (χ0v) is 30.7. The molecule has 6 heteroatoms. The van der Waals surface area contributed by atoms with Gasteiger partial charge in [0.05, 0.1) is 7.11 Å². The van der Waals surface area contributed by atoms with E-state index >= 15 is 0 Å². The van der Waals surface area contributed by atoms with Crippen molar-refractivity contribution < 1.29 is 13.9 Å². The average Bonchev–Trinajstić information content (AvgIpc) is 3.32. The van der Waals surface area contributed by atoms with Crippen molar-refractivity contribution in [3.63, 3.8) is 0 Å². The van der Waals surface area contributed by atoms with E-state index in [4.69, 9.17) is 13.9 Å². The van der Waals surface area contributed by atoms with Gasteiger partial charge >= 0.3 is 0 Å². The maximum absolute atomic E-state index is 6.66. The van der Waals surface area contributed by atoms with Crippen LogP contribution in [0.5, 0.6) is 17.2 Å². The SMILES string of the molecule is CCN(Cc1ccc(OCCN2CCCCCC2)cc1)c1cc(OC)ccc1C1CCc2cc(O[Si](C)(C)C(C)(C)C)ccc2C1. The first-order chi connectivity index (χ1) is 22.1. The van der Waals surface area contributed by atoms with Crippen LogP contribution in [0.1, 0.15) is 88.0 Å². The van der Waals surface area contributed by atoms with E-state index in [0.717, 1.165) is 62.8 Å².